The summed E-state index contributed by atoms with van der Waals surface area (Å²) in [6, 6.07) is 0. The summed E-state index contributed by atoms with van der Waals surface area (Å²) in [6.07, 6.45) is 6.95. The number of nitrogen functional groups attached to an aromatic ring is 1. The van der Waals surface area contributed by atoms with Crippen LogP contribution >= 0.6 is 11.3 Å². The van der Waals surface area contributed by atoms with E-state index in [0.717, 1.165) is 30.6 Å². The Balaban J connectivity index is 2.18. The summed E-state index contributed by atoms with van der Waals surface area (Å²) in [4.78, 5) is 4.97. The normalized spacial score (nSPS) is 31.7. The molecule has 1 aliphatic rings. The van der Waals surface area contributed by atoms with Crippen LogP contribution in [-0.2, 0) is 5.60 Å². The predicted molar refractivity (Wildman–Crippen MR) is 62.7 cm³/mol. The molecule has 0 amide bonds. The Morgan fingerprint density at radius 3 is 3.13 bits per heavy atom. The number of nitrogens with two attached hydrogens (primary N) is 1. The van der Waals surface area contributed by atoms with E-state index >= 15 is 0 Å². The van der Waals surface area contributed by atoms with Crippen molar-refractivity contribution in [1.82, 2.24) is 4.98 Å². The third-order valence-electron chi connectivity index (χ3n) is 3.39. The molecule has 1 aromatic heterocycles. The van der Waals surface area contributed by atoms with E-state index < -0.39 is 5.60 Å². The Bertz CT molecular complexity index is 339. The highest BCUT2D eigenvalue weighted by Crippen LogP contribution is 2.43. The molecule has 0 aliphatic heterocycles. The van der Waals surface area contributed by atoms with E-state index in [0.29, 0.717) is 11.0 Å². The summed E-state index contributed by atoms with van der Waals surface area (Å²) in [6.45, 7) is 2.19. The molecule has 1 heterocycles. The second-order valence-electron chi connectivity index (χ2n) is 4.46. The lowest BCUT2D eigenvalue weighted by atomic mass is 9.76. The van der Waals surface area contributed by atoms with Gasteiger partial charge in [0.1, 0.15) is 5.60 Å². The van der Waals surface area contributed by atoms with E-state index in [-0.39, 0.29) is 0 Å². The second-order valence-corrected chi connectivity index (χ2v) is 5.53. The lowest BCUT2D eigenvalue weighted by Crippen LogP contribution is -2.31. The molecule has 1 fully saturated rings. The first-order chi connectivity index (χ1) is 7.14. The number of nitrogens with zero attached hydrogens (tertiary/aromatic N) is 1. The van der Waals surface area contributed by atoms with Crippen molar-refractivity contribution in [2.45, 2.75) is 44.6 Å². The lowest BCUT2D eigenvalue weighted by Gasteiger charge is -2.35. The van der Waals surface area contributed by atoms with Crippen LogP contribution in [0.2, 0.25) is 0 Å². The van der Waals surface area contributed by atoms with Gasteiger partial charge in [-0.15, -0.1) is 0 Å². The van der Waals surface area contributed by atoms with E-state index in [1.807, 2.05) is 0 Å². The van der Waals surface area contributed by atoms with Crippen LogP contribution in [0.15, 0.2) is 6.20 Å². The minimum Gasteiger partial charge on any atom is -0.384 e. The van der Waals surface area contributed by atoms with Crippen LogP contribution in [0, 0.1) is 5.92 Å². The van der Waals surface area contributed by atoms with Crippen molar-refractivity contribution in [1.29, 1.82) is 0 Å². The highest BCUT2D eigenvalue weighted by Gasteiger charge is 2.36. The van der Waals surface area contributed by atoms with E-state index in [4.69, 9.17) is 5.73 Å². The van der Waals surface area contributed by atoms with Crippen LogP contribution in [0.4, 0.5) is 5.13 Å². The van der Waals surface area contributed by atoms with E-state index in [2.05, 4.69) is 11.9 Å². The SMILES string of the molecule is CCC1CCCC(O)(c2cnc(N)s2)C1. The molecule has 0 bridgehead atoms. The molecule has 0 saturated heterocycles. The summed E-state index contributed by atoms with van der Waals surface area (Å²) < 4.78 is 0. The Morgan fingerprint density at radius 1 is 1.73 bits per heavy atom. The summed E-state index contributed by atoms with van der Waals surface area (Å²) >= 11 is 1.42. The van der Waals surface area contributed by atoms with Crippen LogP contribution in [0.5, 0.6) is 0 Å². The van der Waals surface area contributed by atoms with Crippen LogP contribution < -0.4 is 5.73 Å². The molecule has 1 aliphatic carbocycles. The lowest BCUT2D eigenvalue weighted by molar-refractivity contribution is -0.0186. The van der Waals surface area contributed by atoms with Crippen LogP contribution in [-0.4, -0.2) is 10.1 Å². The molecule has 4 heteroatoms. The van der Waals surface area contributed by atoms with E-state index in [1.54, 1.807) is 6.20 Å². The summed E-state index contributed by atoms with van der Waals surface area (Å²) in [5, 5.41) is 11.1. The van der Waals surface area contributed by atoms with Gasteiger partial charge in [0.05, 0.1) is 4.88 Å². The Morgan fingerprint density at radius 2 is 2.53 bits per heavy atom. The highest BCUT2D eigenvalue weighted by atomic mass is 32.1. The third kappa shape index (κ3) is 2.16. The van der Waals surface area contributed by atoms with Gasteiger partial charge in [-0.3, -0.25) is 0 Å². The number of hydrogen-bond acceptors (Lipinski definition) is 4. The van der Waals surface area contributed by atoms with Crippen molar-refractivity contribution in [3.8, 4) is 0 Å². The first-order valence-corrected chi connectivity index (χ1v) is 6.40. The van der Waals surface area contributed by atoms with Crippen molar-refractivity contribution < 1.29 is 5.11 Å². The Hall–Kier alpha value is -0.610. The standard InChI is InChI=1S/C11H18N2OS/c1-2-8-4-3-5-11(14,6-8)9-7-13-10(12)15-9/h7-8,14H,2-6H2,1H3,(H2,12,13). The van der Waals surface area contributed by atoms with Gasteiger partial charge < -0.3 is 10.8 Å². The fourth-order valence-corrected chi connectivity index (χ4v) is 3.25. The van der Waals surface area contributed by atoms with Crippen molar-refractivity contribution >= 4 is 16.5 Å². The van der Waals surface area contributed by atoms with Crippen molar-refractivity contribution in [2.24, 2.45) is 5.92 Å². The molecule has 2 atom stereocenters. The first kappa shape index (κ1) is 10.9. The number of anilines is 1. The predicted octanol–water partition coefficient (Wildman–Crippen LogP) is 2.51. The van der Waals surface area contributed by atoms with Crippen LogP contribution in [0.3, 0.4) is 0 Å². The van der Waals surface area contributed by atoms with Gasteiger partial charge in [0.2, 0.25) is 0 Å². The zero-order chi connectivity index (χ0) is 10.9. The number of thiazole rings is 1. The fraction of sp³-hybridized carbons (Fsp3) is 0.727. The maximum atomic E-state index is 10.6. The maximum Gasteiger partial charge on any atom is 0.180 e. The molecule has 1 saturated carbocycles. The number of rotatable bonds is 2. The van der Waals surface area contributed by atoms with Gasteiger partial charge in [-0.25, -0.2) is 4.98 Å². The maximum absolute atomic E-state index is 10.6. The Kier molecular flexibility index (Phi) is 2.98. The average Bonchev–Trinajstić information content (AvgIpc) is 2.65. The average molecular weight is 226 g/mol. The van der Waals surface area contributed by atoms with Gasteiger partial charge in [-0.1, -0.05) is 31.1 Å². The topological polar surface area (TPSA) is 59.1 Å². The minimum absolute atomic E-state index is 0.553. The van der Waals surface area contributed by atoms with E-state index in [1.165, 1.54) is 17.8 Å². The number of hydrogen-bond donors (Lipinski definition) is 2. The second kappa shape index (κ2) is 4.10. The molecular formula is C11H18N2OS. The molecular weight excluding hydrogens is 208 g/mol. The summed E-state index contributed by atoms with van der Waals surface area (Å²) in [5.74, 6) is 0.645. The van der Waals surface area contributed by atoms with Gasteiger partial charge in [0.15, 0.2) is 5.13 Å². The molecule has 0 radical (unpaired) electrons. The third-order valence-corrected chi connectivity index (χ3v) is 4.41. The zero-order valence-corrected chi connectivity index (χ0v) is 9.89. The van der Waals surface area contributed by atoms with Gasteiger partial charge in [0.25, 0.3) is 0 Å². The van der Waals surface area contributed by atoms with Gasteiger partial charge in [0, 0.05) is 6.20 Å². The first-order valence-electron chi connectivity index (χ1n) is 5.58. The van der Waals surface area contributed by atoms with Crippen molar-refractivity contribution in [3.05, 3.63) is 11.1 Å². The van der Waals surface area contributed by atoms with E-state index in [9.17, 15) is 5.11 Å². The molecule has 2 rings (SSSR count). The molecule has 1 aromatic rings. The van der Waals surface area contributed by atoms with Crippen molar-refractivity contribution in [3.63, 3.8) is 0 Å². The molecule has 2 unspecified atom stereocenters. The molecule has 3 nitrogen and oxygen atoms in total. The van der Waals surface area contributed by atoms with Gasteiger partial charge in [-0.2, -0.15) is 0 Å². The molecule has 0 aromatic carbocycles. The zero-order valence-electron chi connectivity index (χ0n) is 9.07. The molecule has 15 heavy (non-hydrogen) atoms. The quantitative estimate of drug-likeness (QED) is 0.814. The smallest absolute Gasteiger partial charge is 0.180 e. The molecule has 3 N–H and O–H groups in total. The number of aromatic nitrogens is 1. The fourth-order valence-electron chi connectivity index (χ4n) is 2.44. The van der Waals surface area contributed by atoms with Gasteiger partial charge in [-0.05, 0) is 25.2 Å². The van der Waals surface area contributed by atoms with Crippen LogP contribution in [0.25, 0.3) is 0 Å². The monoisotopic (exact) mass is 226 g/mol. The number of aliphatic hydroxyl groups is 1. The summed E-state index contributed by atoms with van der Waals surface area (Å²) in [5.41, 5.74) is 4.95. The Labute approximate surface area is 94.3 Å². The highest BCUT2D eigenvalue weighted by molar-refractivity contribution is 7.15. The largest absolute Gasteiger partial charge is 0.384 e. The summed E-state index contributed by atoms with van der Waals surface area (Å²) in [7, 11) is 0. The molecule has 84 valence electrons. The van der Waals surface area contributed by atoms with Crippen molar-refractivity contribution in [2.75, 3.05) is 5.73 Å². The van der Waals surface area contributed by atoms with Crippen LogP contribution in [0.1, 0.15) is 43.9 Å². The minimum atomic E-state index is -0.659. The van der Waals surface area contributed by atoms with Gasteiger partial charge >= 0.3 is 0 Å². The molecule has 0 spiro atoms.